The Morgan fingerprint density at radius 3 is 2.27 bits per heavy atom. The largest absolute Gasteiger partial charge is 0.455 e. The lowest BCUT2D eigenvalue weighted by molar-refractivity contribution is -0.147. The molecule has 4 N–H and O–H groups in total. The van der Waals surface area contributed by atoms with Crippen molar-refractivity contribution in [3.05, 3.63) is 64.7 Å². The first-order valence-corrected chi connectivity index (χ1v) is 8.87. The molecule has 1 unspecified atom stereocenters. The standard InChI is InChI=1S/C19H17ClF3N3O4/c20-14-4-2-1-3-13(14)15(26-18(24)29)9-17(28)30-10-16(27)25-12-7-5-11(6-8-12)19(21,22)23/h1-8,15H,9-10H2,(H,25,27)(H3,24,26,29). The Morgan fingerprint density at radius 2 is 1.70 bits per heavy atom. The van der Waals surface area contributed by atoms with Crippen molar-refractivity contribution in [2.45, 2.75) is 18.6 Å². The summed E-state index contributed by atoms with van der Waals surface area (Å²) in [5.41, 5.74) is 4.80. The minimum absolute atomic E-state index is 0.105. The van der Waals surface area contributed by atoms with Gasteiger partial charge < -0.3 is 21.1 Å². The van der Waals surface area contributed by atoms with Gasteiger partial charge in [-0.2, -0.15) is 13.2 Å². The molecule has 2 aromatic carbocycles. The van der Waals surface area contributed by atoms with Crippen LogP contribution in [-0.4, -0.2) is 24.5 Å². The van der Waals surface area contributed by atoms with Crippen LogP contribution in [0.3, 0.4) is 0 Å². The van der Waals surface area contributed by atoms with Crippen LogP contribution in [0.5, 0.6) is 0 Å². The van der Waals surface area contributed by atoms with Crippen LogP contribution in [0.15, 0.2) is 48.5 Å². The van der Waals surface area contributed by atoms with Gasteiger partial charge in [0.25, 0.3) is 5.91 Å². The van der Waals surface area contributed by atoms with Crippen molar-refractivity contribution < 1.29 is 32.3 Å². The highest BCUT2D eigenvalue weighted by molar-refractivity contribution is 6.31. The molecule has 0 fully saturated rings. The van der Waals surface area contributed by atoms with E-state index in [9.17, 15) is 27.6 Å². The number of alkyl halides is 3. The topological polar surface area (TPSA) is 111 Å². The molecule has 0 aliphatic heterocycles. The molecule has 0 bridgehead atoms. The zero-order valence-electron chi connectivity index (χ0n) is 15.3. The smallest absolute Gasteiger partial charge is 0.416 e. The number of esters is 1. The summed E-state index contributed by atoms with van der Waals surface area (Å²) in [6.07, 6.45) is -4.84. The van der Waals surface area contributed by atoms with E-state index in [2.05, 4.69) is 10.6 Å². The molecule has 7 nitrogen and oxygen atoms in total. The van der Waals surface area contributed by atoms with Crippen molar-refractivity contribution in [2.75, 3.05) is 11.9 Å². The number of benzene rings is 2. The van der Waals surface area contributed by atoms with Gasteiger partial charge in [-0.25, -0.2) is 4.79 Å². The molecular formula is C19H17ClF3N3O4. The number of carbonyl (C=O) groups is 3. The van der Waals surface area contributed by atoms with Crippen LogP contribution < -0.4 is 16.4 Å². The van der Waals surface area contributed by atoms with Gasteiger partial charge in [0.2, 0.25) is 0 Å². The average Bonchev–Trinajstić information content (AvgIpc) is 2.65. The first-order chi connectivity index (χ1) is 14.1. The number of halogens is 4. The summed E-state index contributed by atoms with van der Waals surface area (Å²) in [5.74, 6) is -1.57. The zero-order chi connectivity index (χ0) is 22.3. The average molecular weight is 444 g/mol. The van der Waals surface area contributed by atoms with Gasteiger partial charge in [-0.1, -0.05) is 29.8 Å². The van der Waals surface area contributed by atoms with Crippen LogP contribution in [0, 0.1) is 0 Å². The molecule has 0 aliphatic rings. The SMILES string of the molecule is NC(=O)NC(CC(=O)OCC(=O)Nc1ccc(C(F)(F)F)cc1)c1ccccc1Cl. The number of nitrogens with one attached hydrogen (secondary N) is 2. The monoisotopic (exact) mass is 443 g/mol. The van der Waals surface area contributed by atoms with Crippen molar-refractivity contribution >= 4 is 35.2 Å². The van der Waals surface area contributed by atoms with E-state index in [1.807, 2.05) is 0 Å². The molecular weight excluding hydrogens is 427 g/mol. The molecule has 2 rings (SSSR count). The van der Waals surface area contributed by atoms with Gasteiger partial charge >= 0.3 is 18.2 Å². The van der Waals surface area contributed by atoms with Gasteiger partial charge in [-0.15, -0.1) is 0 Å². The molecule has 0 heterocycles. The van der Waals surface area contributed by atoms with Crippen LogP contribution in [0.4, 0.5) is 23.7 Å². The van der Waals surface area contributed by atoms with Crippen LogP contribution in [0.2, 0.25) is 5.02 Å². The maximum absolute atomic E-state index is 12.5. The fraction of sp³-hybridized carbons (Fsp3) is 0.211. The molecule has 0 saturated heterocycles. The fourth-order valence-electron chi connectivity index (χ4n) is 2.48. The first-order valence-electron chi connectivity index (χ1n) is 8.49. The summed E-state index contributed by atoms with van der Waals surface area (Å²) < 4.78 is 42.5. The van der Waals surface area contributed by atoms with Crippen molar-refractivity contribution in [1.82, 2.24) is 5.32 Å². The molecule has 0 aliphatic carbocycles. The summed E-state index contributed by atoms with van der Waals surface area (Å²) in [6.45, 7) is -0.675. The van der Waals surface area contributed by atoms with E-state index in [-0.39, 0.29) is 12.1 Å². The fourth-order valence-corrected chi connectivity index (χ4v) is 2.75. The molecule has 0 aromatic heterocycles. The second kappa shape index (κ2) is 9.97. The number of anilines is 1. The quantitative estimate of drug-likeness (QED) is 0.567. The van der Waals surface area contributed by atoms with E-state index < -0.39 is 42.3 Å². The lowest BCUT2D eigenvalue weighted by Gasteiger charge is -2.18. The Labute approximate surface area is 174 Å². The van der Waals surface area contributed by atoms with E-state index in [1.165, 1.54) is 0 Å². The van der Waals surface area contributed by atoms with Crippen molar-refractivity contribution in [3.63, 3.8) is 0 Å². The Morgan fingerprint density at radius 1 is 1.07 bits per heavy atom. The molecule has 1 atom stereocenters. The van der Waals surface area contributed by atoms with Crippen molar-refractivity contribution in [1.29, 1.82) is 0 Å². The van der Waals surface area contributed by atoms with Crippen molar-refractivity contribution in [3.8, 4) is 0 Å². The Bertz CT molecular complexity index is 920. The first kappa shape index (κ1) is 23.0. The summed E-state index contributed by atoms with van der Waals surface area (Å²) in [6, 6.07) is 8.49. The van der Waals surface area contributed by atoms with E-state index in [0.29, 0.717) is 10.6 Å². The number of nitrogens with two attached hydrogens (primary N) is 1. The van der Waals surface area contributed by atoms with Gasteiger partial charge in [0.05, 0.1) is 18.0 Å². The Balaban J connectivity index is 1.91. The number of ether oxygens (including phenoxy) is 1. The predicted octanol–water partition coefficient (Wildman–Crippen LogP) is 3.64. The third-order valence-electron chi connectivity index (χ3n) is 3.83. The maximum Gasteiger partial charge on any atom is 0.416 e. The number of carbonyl (C=O) groups excluding carboxylic acids is 3. The van der Waals surface area contributed by atoms with Crippen LogP contribution >= 0.6 is 11.6 Å². The molecule has 0 spiro atoms. The normalized spacial score (nSPS) is 12.0. The van der Waals surface area contributed by atoms with E-state index >= 15 is 0 Å². The highest BCUT2D eigenvalue weighted by atomic mass is 35.5. The van der Waals surface area contributed by atoms with Crippen LogP contribution in [0.25, 0.3) is 0 Å². The highest BCUT2D eigenvalue weighted by Crippen LogP contribution is 2.30. The highest BCUT2D eigenvalue weighted by Gasteiger charge is 2.30. The number of primary amides is 1. The Kier molecular flexibility index (Phi) is 7.65. The van der Waals surface area contributed by atoms with Gasteiger partial charge in [0.15, 0.2) is 6.61 Å². The van der Waals surface area contributed by atoms with Crippen LogP contribution in [0.1, 0.15) is 23.6 Å². The lowest BCUT2D eigenvalue weighted by Crippen LogP contribution is -2.35. The molecule has 2 aromatic rings. The second-order valence-corrected chi connectivity index (χ2v) is 6.48. The van der Waals surface area contributed by atoms with Crippen LogP contribution in [-0.2, 0) is 20.5 Å². The van der Waals surface area contributed by atoms with Crippen molar-refractivity contribution in [2.24, 2.45) is 5.73 Å². The van der Waals surface area contributed by atoms with E-state index in [1.54, 1.807) is 24.3 Å². The molecule has 0 radical (unpaired) electrons. The summed E-state index contributed by atoms with van der Waals surface area (Å²) in [7, 11) is 0. The third-order valence-corrected chi connectivity index (χ3v) is 4.17. The Hall–Kier alpha value is -3.27. The van der Waals surface area contributed by atoms with Gasteiger partial charge in [0.1, 0.15) is 0 Å². The maximum atomic E-state index is 12.5. The minimum Gasteiger partial charge on any atom is -0.455 e. The number of hydrogen-bond acceptors (Lipinski definition) is 4. The van der Waals surface area contributed by atoms with Gasteiger partial charge in [0, 0.05) is 10.7 Å². The molecule has 30 heavy (non-hydrogen) atoms. The molecule has 160 valence electrons. The predicted molar refractivity (Wildman–Crippen MR) is 103 cm³/mol. The van der Waals surface area contributed by atoms with E-state index in [0.717, 1.165) is 24.3 Å². The third kappa shape index (κ3) is 6.96. The molecule has 11 heteroatoms. The number of urea groups is 1. The summed E-state index contributed by atoms with van der Waals surface area (Å²) in [5, 5.41) is 4.98. The number of rotatable bonds is 7. The summed E-state index contributed by atoms with van der Waals surface area (Å²) >= 11 is 6.06. The molecule has 3 amide bonds. The second-order valence-electron chi connectivity index (χ2n) is 6.07. The number of hydrogen-bond donors (Lipinski definition) is 3. The van der Waals surface area contributed by atoms with Gasteiger partial charge in [-0.05, 0) is 35.9 Å². The summed E-state index contributed by atoms with van der Waals surface area (Å²) in [4.78, 5) is 35.1. The zero-order valence-corrected chi connectivity index (χ0v) is 16.1. The lowest BCUT2D eigenvalue weighted by atomic mass is 10.0. The minimum atomic E-state index is -4.49. The van der Waals surface area contributed by atoms with E-state index in [4.69, 9.17) is 22.1 Å². The molecule has 0 saturated carbocycles. The number of amides is 3. The van der Waals surface area contributed by atoms with Gasteiger partial charge in [-0.3, -0.25) is 9.59 Å².